The summed E-state index contributed by atoms with van der Waals surface area (Å²) in [6.45, 7) is 4.10. The molecule has 0 aromatic heterocycles. The van der Waals surface area contributed by atoms with E-state index in [2.05, 4.69) is 15.5 Å². The largest absolute Gasteiger partial charge is 0.339 e. The van der Waals surface area contributed by atoms with Gasteiger partial charge in [0, 0.05) is 36.9 Å². The van der Waals surface area contributed by atoms with Gasteiger partial charge < -0.3 is 15.5 Å². The van der Waals surface area contributed by atoms with Gasteiger partial charge in [-0.05, 0) is 43.7 Å². The summed E-state index contributed by atoms with van der Waals surface area (Å²) in [5.74, 6) is 0.160. The third kappa shape index (κ3) is 4.47. The molecule has 2 aliphatic rings. The summed E-state index contributed by atoms with van der Waals surface area (Å²) < 4.78 is 0. The van der Waals surface area contributed by atoms with E-state index < -0.39 is 0 Å². The van der Waals surface area contributed by atoms with Crippen molar-refractivity contribution in [2.75, 3.05) is 44.6 Å². The molecule has 0 radical (unpaired) electrons. The fraction of sp³-hybridized carbons (Fsp3) is 0.529. The average molecular weight is 351 g/mol. The molecule has 2 aliphatic heterocycles. The molecule has 2 fully saturated rings. The molecule has 130 valence electrons. The first kappa shape index (κ1) is 17.2. The van der Waals surface area contributed by atoms with Crippen LogP contribution in [0, 0.1) is 0 Å². The van der Waals surface area contributed by atoms with Crippen LogP contribution in [-0.4, -0.2) is 66.9 Å². The Bertz CT molecular complexity index is 579. The number of rotatable bonds is 4. The summed E-state index contributed by atoms with van der Waals surface area (Å²) in [7, 11) is 0. The van der Waals surface area contributed by atoms with Gasteiger partial charge in [0.05, 0.1) is 12.6 Å². The Labute approximate surface area is 147 Å². The third-order valence-electron chi connectivity index (χ3n) is 4.54. The number of carbonyl (C=O) groups is 2. The van der Waals surface area contributed by atoms with E-state index in [1.807, 2.05) is 4.90 Å². The molecule has 7 heteroatoms. The Morgan fingerprint density at radius 1 is 1.17 bits per heavy atom. The highest BCUT2D eigenvalue weighted by molar-refractivity contribution is 6.30. The first-order chi connectivity index (χ1) is 11.6. The smallest absolute Gasteiger partial charge is 0.239 e. The maximum atomic E-state index is 12.4. The van der Waals surface area contributed by atoms with Gasteiger partial charge in [-0.15, -0.1) is 0 Å². The minimum absolute atomic E-state index is 0.00949. The second-order valence-corrected chi connectivity index (χ2v) is 6.74. The van der Waals surface area contributed by atoms with Crippen molar-refractivity contribution >= 4 is 29.1 Å². The molecule has 2 saturated heterocycles. The predicted octanol–water partition coefficient (Wildman–Crippen LogP) is 1.17. The number of nitrogens with zero attached hydrogens (tertiary/aromatic N) is 2. The lowest BCUT2D eigenvalue weighted by atomic mass is 10.2. The minimum Gasteiger partial charge on any atom is -0.339 e. The van der Waals surface area contributed by atoms with Gasteiger partial charge >= 0.3 is 0 Å². The van der Waals surface area contributed by atoms with Gasteiger partial charge in [0.25, 0.3) is 0 Å². The van der Waals surface area contributed by atoms with Gasteiger partial charge in [0.1, 0.15) is 0 Å². The fourth-order valence-electron chi connectivity index (χ4n) is 3.18. The molecule has 1 aromatic carbocycles. The van der Waals surface area contributed by atoms with Gasteiger partial charge in [-0.1, -0.05) is 11.6 Å². The zero-order valence-electron chi connectivity index (χ0n) is 13.6. The molecule has 0 aliphatic carbocycles. The third-order valence-corrected chi connectivity index (χ3v) is 4.79. The highest BCUT2D eigenvalue weighted by Crippen LogP contribution is 2.14. The summed E-state index contributed by atoms with van der Waals surface area (Å²) in [4.78, 5) is 28.5. The van der Waals surface area contributed by atoms with E-state index in [1.54, 1.807) is 24.3 Å². The van der Waals surface area contributed by atoms with Crippen LogP contribution < -0.4 is 10.6 Å². The number of anilines is 1. The molecule has 1 atom stereocenters. The predicted molar refractivity (Wildman–Crippen MR) is 94.1 cm³/mol. The molecule has 0 saturated carbocycles. The number of nitrogens with one attached hydrogen (secondary N) is 2. The molecule has 1 aromatic rings. The topological polar surface area (TPSA) is 64.7 Å². The molecular formula is C17H23ClN4O2. The molecule has 2 heterocycles. The first-order valence-electron chi connectivity index (χ1n) is 8.42. The molecule has 2 amide bonds. The quantitative estimate of drug-likeness (QED) is 0.855. The van der Waals surface area contributed by atoms with Crippen LogP contribution in [0.25, 0.3) is 0 Å². The van der Waals surface area contributed by atoms with Crippen molar-refractivity contribution in [2.24, 2.45) is 0 Å². The molecule has 6 nitrogen and oxygen atoms in total. The van der Waals surface area contributed by atoms with Gasteiger partial charge in [-0.25, -0.2) is 0 Å². The van der Waals surface area contributed by atoms with E-state index in [9.17, 15) is 9.59 Å². The molecule has 0 bridgehead atoms. The van der Waals surface area contributed by atoms with Crippen molar-refractivity contribution in [1.82, 2.24) is 15.1 Å². The number of amides is 2. The molecule has 2 N–H and O–H groups in total. The van der Waals surface area contributed by atoms with Crippen LogP contribution in [0.2, 0.25) is 5.02 Å². The highest BCUT2D eigenvalue weighted by Gasteiger charge is 2.29. The van der Waals surface area contributed by atoms with E-state index in [0.29, 0.717) is 24.7 Å². The second-order valence-electron chi connectivity index (χ2n) is 6.31. The van der Waals surface area contributed by atoms with Crippen LogP contribution in [0.15, 0.2) is 24.3 Å². The van der Waals surface area contributed by atoms with Crippen LogP contribution >= 0.6 is 11.6 Å². The van der Waals surface area contributed by atoms with Crippen molar-refractivity contribution in [2.45, 2.75) is 18.9 Å². The minimum atomic E-state index is -0.0467. The number of halogens is 1. The lowest BCUT2D eigenvalue weighted by Crippen LogP contribution is -2.54. The molecule has 3 rings (SSSR count). The highest BCUT2D eigenvalue weighted by atomic mass is 35.5. The Kier molecular flexibility index (Phi) is 5.71. The van der Waals surface area contributed by atoms with Gasteiger partial charge in [0.15, 0.2) is 0 Å². The number of carbonyl (C=O) groups excluding carboxylic acids is 2. The number of hydrogen-bond acceptors (Lipinski definition) is 4. The molecule has 24 heavy (non-hydrogen) atoms. The Hall–Kier alpha value is -1.63. The zero-order valence-corrected chi connectivity index (χ0v) is 14.4. The standard InChI is InChI=1S/C17H23ClN4O2/c18-13-3-5-14(6-4-13)20-16(23)12-21-8-10-22(11-9-21)17(24)15-2-1-7-19-15/h3-6,15,19H,1-2,7-12H2,(H,20,23). The van der Waals surface area contributed by atoms with E-state index in [-0.39, 0.29) is 17.9 Å². The van der Waals surface area contributed by atoms with Crippen molar-refractivity contribution in [3.8, 4) is 0 Å². The Morgan fingerprint density at radius 2 is 1.88 bits per heavy atom. The van der Waals surface area contributed by atoms with E-state index in [1.165, 1.54) is 0 Å². The SMILES string of the molecule is O=C(CN1CCN(C(=O)C2CCCN2)CC1)Nc1ccc(Cl)cc1. The molecular weight excluding hydrogens is 328 g/mol. The van der Waals surface area contributed by atoms with Gasteiger partial charge in [0.2, 0.25) is 11.8 Å². The normalized spacial score (nSPS) is 21.7. The van der Waals surface area contributed by atoms with Crippen LogP contribution in [0.4, 0.5) is 5.69 Å². The van der Waals surface area contributed by atoms with Crippen molar-refractivity contribution in [3.05, 3.63) is 29.3 Å². The number of benzene rings is 1. The number of piperazine rings is 1. The summed E-state index contributed by atoms with van der Waals surface area (Å²) in [5.41, 5.74) is 0.741. The Morgan fingerprint density at radius 3 is 2.50 bits per heavy atom. The summed E-state index contributed by atoms with van der Waals surface area (Å²) in [5, 5.41) is 6.76. The first-order valence-corrected chi connectivity index (χ1v) is 8.79. The monoisotopic (exact) mass is 350 g/mol. The van der Waals surface area contributed by atoms with E-state index >= 15 is 0 Å². The molecule has 0 spiro atoms. The van der Waals surface area contributed by atoms with E-state index in [4.69, 9.17) is 11.6 Å². The zero-order chi connectivity index (χ0) is 16.9. The van der Waals surface area contributed by atoms with E-state index in [0.717, 1.165) is 38.2 Å². The van der Waals surface area contributed by atoms with Crippen LogP contribution in [0.5, 0.6) is 0 Å². The second kappa shape index (κ2) is 7.96. The summed E-state index contributed by atoms with van der Waals surface area (Å²) in [6, 6.07) is 7.05. The van der Waals surface area contributed by atoms with Crippen LogP contribution in [0.1, 0.15) is 12.8 Å². The van der Waals surface area contributed by atoms with Gasteiger partial charge in [-0.3, -0.25) is 14.5 Å². The van der Waals surface area contributed by atoms with Crippen LogP contribution in [-0.2, 0) is 9.59 Å². The number of hydrogen-bond donors (Lipinski definition) is 2. The average Bonchev–Trinajstić information content (AvgIpc) is 3.11. The maximum absolute atomic E-state index is 12.4. The summed E-state index contributed by atoms with van der Waals surface area (Å²) >= 11 is 5.83. The Balaban J connectivity index is 1.42. The fourth-order valence-corrected chi connectivity index (χ4v) is 3.30. The lowest BCUT2D eigenvalue weighted by molar-refractivity contribution is -0.135. The lowest BCUT2D eigenvalue weighted by Gasteiger charge is -2.35. The van der Waals surface area contributed by atoms with Gasteiger partial charge in [-0.2, -0.15) is 0 Å². The summed E-state index contributed by atoms with van der Waals surface area (Å²) in [6.07, 6.45) is 2.00. The molecule has 1 unspecified atom stereocenters. The van der Waals surface area contributed by atoms with Crippen molar-refractivity contribution in [3.63, 3.8) is 0 Å². The van der Waals surface area contributed by atoms with Crippen LogP contribution in [0.3, 0.4) is 0 Å². The van der Waals surface area contributed by atoms with Crippen molar-refractivity contribution < 1.29 is 9.59 Å². The van der Waals surface area contributed by atoms with Crippen molar-refractivity contribution in [1.29, 1.82) is 0 Å². The maximum Gasteiger partial charge on any atom is 0.239 e.